The molecule has 7 rings (SSSR count). The molecule has 1 amide bonds. The maximum atomic E-state index is 13.5. The summed E-state index contributed by atoms with van der Waals surface area (Å²) in [6, 6.07) is 13.6. The van der Waals surface area contributed by atoms with E-state index in [0.717, 1.165) is 23.3 Å². The minimum absolute atomic E-state index is 0.0390. The fourth-order valence-electron chi connectivity index (χ4n) is 7.26. The van der Waals surface area contributed by atoms with Gasteiger partial charge in [-0.15, -0.1) is 0 Å². The van der Waals surface area contributed by atoms with E-state index in [4.69, 9.17) is 4.98 Å². The number of hydrogen-bond acceptors (Lipinski definition) is 2. The third-order valence-corrected chi connectivity index (χ3v) is 10.1. The van der Waals surface area contributed by atoms with Crippen LogP contribution in [0.15, 0.2) is 36.4 Å². The Labute approximate surface area is 202 Å². The quantitative estimate of drug-likeness (QED) is 0.462. The van der Waals surface area contributed by atoms with Crippen molar-refractivity contribution in [2.24, 2.45) is 10.8 Å². The van der Waals surface area contributed by atoms with Crippen LogP contribution >= 0.6 is 0 Å². The van der Waals surface area contributed by atoms with Crippen molar-refractivity contribution in [1.82, 2.24) is 14.5 Å². The van der Waals surface area contributed by atoms with Gasteiger partial charge in [-0.05, 0) is 58.9 Å². The standard InChI is InChI=1S/C29H34BN3O/c1-28(2)15-30(16-29(28,3)4)18-11-12-21-22(13-18)33-23-14-24(26(33)31-21)32(5)27(34)20-8-6-7-19(25(20)23)17-9-10-17/h6-8,11-13,17,23-24H,9-10,14-16H2,1-5H3. The summed E-state index contributed by atoms with van der Waals surface area (Å²) < 4.78 is 2.50. The van der Waals surface area contributed by atoms with E-state index in [9.17, 15) is 4.79 Å². The Hall–Kier alpha value is -2.56. The molecule has 1 aliphatic carbocycles. The van der Waals surface area contributed by atoms with Gasteiger partial charge in [0.25, 0.3) is 5.91 Å². The van der Waals surface area contributed by atoms with Crippen LogP contribution in [-0.2, 0) is 0 Å². The van der Waals surface area contributed by atoms with Gasteiger partial charge in [0.1, 0.15) is 5.82 Å². The highest BCUT2D eigenvalue weighted by molar-refractivity contribution is 6.74. The molecule has 2 fully saturated rings. The molecule has 3 aliphatic heterocycles. The number of fused-ring (bicyclic) bond motifs is 9. The van der Waals surface area contributed by atoms with Crippen molar-refractivity contribution in [2.45, 2.75) is 77.6 Å². The van der Waals surface area contributed by atoms with E-state index in [-0.39, 0.29) is 18.0 Å². The molecule has 4 nitrogen and oxygen atoms in total. The van der Waals surface area contributed by atoms with Gasteiger partial charge < -0.3 is 9.47 Å². The minimum atomic E-state index is 0.0390. The zero-order chi connectivity index (χ0) is 23.6. The average Bonchev–Trinajstić information content (AvgIpc) is 3.44. The summed E-state index contributed by atoms with van der Waals surface area (Å²) in [7, 11) is 1.96. The Morgan fingerprint density at radius 3 is 2.44 bits per heavy atom. The SMILES string of the molecule is CN1C(=O)c2cccc(C3CC3)c2C2CC1c1nc3ccc(B4CC(C)(C)C(C)(C)C4)cc3n12. The molecule has 4 aliphatic rings. The van der Waals surface area contributed by atoms with E-state index in [1.807, 2.05) is 18.0 Å². The number of carbonyl (C=O) groups excluding carboxylic acids is 1. The Kier molecular flexibility index (Phi) is 4.01. The molecule has 34 heavy (non-hydrogen) atoms. The van der Waals surface area contributed by atoms with Crippen LogP contribution in [0, 0.1) is 10.8 Å². The molecule has 4 heterocycles. The van der Waals surface area contributed by atoms with Crippen molar-refractivity contribution in [3.8, 4) is 0 Å². The third-order valence-electron chi connectivity index (χ3n) is 10.1. The summed E-state index contributed by atoms with van der Waals surface area (Å²) in [4.78, 5) is 20.6. The van der Waals surface area contributed by atoms with Crippen molar-refractivity contribution in [2.75, 3.05) is 7.05 Å². The second-order valence-corrected chi connectivity index (χ2v) is 12.7. The minimum Gasteiger partial charge on any atom is -0.331 e. The molecule has 1 aromatic heterocycles. The number of imidazole rings is 1. The van der Waals surface area contributed by atoms with E-state index in [2.05, 4.69) is 62.6 Å². The van der Waals surface area contributed by atoms with Gasteiger partial charge >= 0.3 is 0 Å². The Bertz CT molecular complexity index is 1350. The third kappa shape index (κ3) is 2.67. The summed E-state index contributed by atoms with van der Waals surface area (Å²) in [5, 5.41) is 0. The molecule has 2 unspecified atom stereocenters. The number of nitrogens with zero attached hydrogens (tertiary/aromatic N) is 3. The molecule has 3 aromatic rings. The molecule has 2 atom stereocenters. The normalized spacial score (nSPS) is 26.7. The van der Waals surface area contributed by atoms with Crippen LogP contribution in [0.3, 0.4) is 0 Å². The van der Waals surface area contributed by atoms with Crippen molar-refractivity contribution in [3.05, 3.63) is 58.9 Å². The number of hydrogen-bond donors (Lipinski definition) is 0. The summed E-state index contributed by atoms with van der Waals surface area (Å²) >= 11 is 0. The first kappa shape index (κ1) is 20.8. The summed E-state index contributed by atoms with van der Waals surface area (Å²) in [6.07, 6.45) is 5.87. The van der Waals surface area contributed by atoms with Gasteiger partial charge in [0, 0.05) is 19.0 Å². The van der Waals surface area contributed by atoms with E-state index >= 15 is 0 Å². The molecular weight excluding hydrogens is 417 g/mol. The zero-order valence-corrected chi connectivity index (χ0v) is 21.1. The van der Waals surface area contributed by atoms with Gasteiger partial charge in [-0.25, -0.2) is 4.98 Å². The molecule has 1 saturated heterocycles. The molecule has 0 radical (unpaired) electrons. The van der Waals surface area contributed by atoms with Crippen molar-refractivity contribution in [3.63, 3.8) is 0 Å². The first-order valence-electron chi connectivity index (χ1n) is 13.1. The van der Waals surface area contributed by atoms with E-state index < -0.39 is 0 Å². The lowest BCUT2D eigenvalue weighted by atomic mass is 9.42. The van der Waals surface area contributed by atoms with Crippen molar-refractivity contribution < 1.29 is 4.79 Å². The van der Waals surface area contributed by atoms with E-state index in [1.54, 1.807) is 0 Å². The average molecular weight is 451 g/mol. The van der Waals surface area contributed by atoms with Crippen LogP contribution in [0.25, 0.3) is 11.0 Å². The smallest absolute Gasteiger partial charge is 0.254 e. The predicted octanol–water partition coefficient (Wildman–Crippen LogP) is 5.80. The Balaban J connectivity index is 1.41. The predicted molar refractivity (Wildman–Crippen MR) is 138 cm³/mol. The van der Waals surface area contributed by atoms with Crippen LogP contribution in [-0.4, -0.2) is 34.1 Å². The molecule has 1 saturated carbocycles. The summed E-state index contributed by atoms with van der Waals surface area (Å²) in [6.45, 7) is 10.3. The highest BCUT2D eigenvalue weighted by atomic mass is 16.2. The Morgan fingerprint density at radius 1 is 1.00 bits per heavy atom. The highest BCUT2D eigenvalue weighted by Gasteiger charge is 2.49. The number of rotatable bonds is 2. The summed E-state index contributed by atoms with van der Waals surface area (Å²) in [5.41, 5.74) is 8.02. The van der Waals surface area contributed by atoms with Crippen LogP contribution in [0.1, 0.15) is 92.3 Å². The first-order chi connectivity index (χ1) is 16.2. The maximum absolute atomic E-state index is 13.5. The van der Waals surface area contributed by atoms with Gasteiger partial charge in [-0.1, -0.05) is 64.0 Å². The van der Waals surface area contributed by atoms with Gasteiger partial charge in [-0.3, -0.25) is 4.79 Å². The zero-order valence-electron chi connectivity index (χ0n) is 21.1. The number of carbonyl (C=O) groups is 1. The molecule has 0 spiro atoms. The lowest BCUT2D eigenvalue weighted by Gasteiger charge is -2.35. The highest BCUT2D eigenvalue weighted by Crippen LogP contribution is 2.54. The molecule has 174 valence electrons. The van der Waals surface area contributed by atoms with Crippen LogP contribution in [0.5, 0.6) is 0 Å². The van der Waals surface area contributed by atoms with Crippen LogP contribution in [0.4, 0.5) is 0 Å². The second-order valence-electron chi connectivity index (χ2n) is 12.7. The van der Waals surface area contributed by atoms with Gasteiger partial charge in [0.2, 0.25) is 0 Å². The summed E-state index contributed by atoms with van der Waals surface area (Å²) in [5.74, 6) is 1.83. The molecule has 5 heteroatoms. The number of benzene rings is 2. The maximum Gasteiger partial charge on any atom is 0.254 e. The van der Waals surface area contributed by atoms with E-state index in [0.29, 0.717) is 23.5 Å². The second kappa shape index (κ2) is 6.56. The lowest BCUT2D eigenvalue weighted by molar-refractivity contribution is 0.0734. The van der Waals surface area contributed by atoms with Gasteiger partial charge in [-0.2, -0.15) is 0 Å². The topological polar surface area (TPSA) is 38.1 Å². The monoisotopic (exact) mass is 451 g/mol. The first-order valence-corrected chi connectivity index (χ1v) is 13.1. The molecule has 2 bridgehead atoms. The van der Waals surface area contributed by atoms with Gasteiger partial charge in [0.15, 0.2) is 6.71 Å². The molecule has 0 N–H and O–H groups in total. The fraction of sp³-hybridized carbons (Fsp3) is 0.517. The molecular formula is C29H34BN3O. The Morgan fingerprint density at radius 2 is 1.74 bits per heavy atom. The fourth-order valence-corrected chi connectivity index (χ4v) is 7.26. The van der Waals surface area contributed by atoms with Crippen LogP contribution in [0.2, 0.25) is 12.6 Å². The number of aromatic nitrogens is 2. The van der Waals surface area contributed by atoms with Crippen molar-refractivity contribution >= 4 is 29.1 Å². The van der Waals surface area contributed by atoms with E-state index in [1.165, 1.54) is 47.6 Å². The van der Waals surface area contributed by atoms with Crippen molar-refractivity contribution in [1.29, 1.82) is 0 Å². The van der Waals surface area contributed by atoms with Gasteiger partial charge in [0.05, 0.1) is 23.1 Å². The lowest BCUT2D eigenvalue weighted by Crippen LogP contribution is -2.30. The van der Waals surface area contributed by atoms with Crippen LogP contribution < -0.4 is 5.46 Å². The molecule has 2 aromatic carbocycles. The number of amides is 1. The largest absolute Gasteiger partial charge is 0.331 e.